The van der Waals surface area contributed by atoms with Gasteiger partial charge >= 0.3 is 0 Å². The molecule has 168 valence electrons. The summed E-state index contributed by atoms with van der Waals surface area (Å²) >= 11 is 0. The first-order valence-electron chi connectivity index (χ1n) is 10.6. The maximum absolute atomic E-state index is 12.0. The average Bonchev–Trinajstić information content (AvgIpc) is 2.75. The highest BCUT2D eigenvalue weighted by atomic mass is 16.5. The number of carbonyl (C=O) groups is 1. The summed E-state index contributed by atoms with van der Waals surface area (Å²) in [6, 6.07) is 13.5. The smallest absolute Gasteiger partial charge is 0.224 e. The predicted octanol–water partition coefficient (Wildman–Crippen LogP) is 3.94. The minimum atomic E-state index is 0.0269. The van der Waals surface area contributed by atoms with Crippen molar-refractivity contribution in [3.63, 3.8) is 0 Å². The highest BCUT2D eigenvalue weighted by molar-refractivity contribution is 5.90. The van der Waals surface area contributed by atoms with Crippen molar-refractivity contribution in [1.29, 1.82) is 0 Å². The molecule has 0 saturated heterocycles. The lowest BCUT2D eigenvalue weighted by atomic mass is 10.1. The topological polar surface area (TPSA) is 84.0 Å². The number of aliphatic imine (C=N–C) groups is 1. The lowest BCUT2D eigenvalue weighted by molar-refractivity contribution is -0.116. The van der Waals surface area contributed by atoms with E-state index in [1.165, 1.54) is 0 Å². The molecule has 0 atom stereocenters. The van der Waals surface area contributed by atoms with Crippen LogP contribution in [0.5, 0.6) is 11.5 Å². The number of hydrogen-bond donors (Lipinski definition) is 3. The summed E-state index contributed by atoms with van der Waals surface area (Å²) in [5, 5.41) is 9.54. The van der Waals surface area contributed by atoms with Crippen LogP contribution >= 0.6 is 0 Å². The summed E-state index contributed by atoms with van der Waals surface area (Å²) in [7, 11) is 3.28. The number of nitrogens with zero attached hydrogens (tertiary/aromatic N) is 1. The quantitative estimate of drug-likeness (QED) is 0.396. The zero-order chi connectivity index (χ0) is 22.6. The van der Waals surface area contributed by atoms with Crippen LogP contribution in [0, 0.1) is 5.92 Å². The summed E-state index contributed by atoms with van der Waals surface area (Å²) in [5.74, 6) is 2.56. The van der Waals surface area contributed by atoms with Crippen molar-refractivity contribution in [1.82, 2.24) is 10.6 Å². The summed E-state index contributed by atoms with van der Waals surface area (Å²) in [4.78, 5) is 16.7. The molecule has 7 nitrogen and oxygen atoms in total. The van der Waals surface area contributed by atoms with Gasteiger partial charge in [0.15, 0.2) is 5.96 Å². The molecule has 7 heteroatoms. The summed E-state index contributed by atoms with van der Waals surface area (Å²) in [5.41, 5.74) is 2.81. The summed E-state index contributed by atoms with van der Waals surface area (Å²) < 4.78 is 10.7. The molecule has 3 N–H and O–H groups in total. The van der Waals surface area contributed by atoms with Gasteiger partial charge in [0.2, 0.25) is 5.91 Å². The van der Waals surface area contributed by atoms with Gasteiger partial charge in [-0.1, -0.05) is 26.0 Å². The lowest BCUT2D eigenvalue weighted by Gasteiger charge is -2.14. The van der Waals surface area contributed by atoms with Gasteiger partial charge in [0.1, 0.15) is 11.5 Å². The van der Waals surface area contributed by atoms with Gasteiger partial charge in [-0.2, -0.15) is 0 Å². The van der Waals surface area contributed by atoms with Crippen LogP contribution in [0.15, 0.2) is 47.5 Å². The number of hydrogen-bond acceptors (Lipinski definition) is 4. The molecule has 0 aliphatic heterocycles. The van der Waals surface area contributed by atoms with Crippen LogP contribution in [0.1, 0.15) is 38.3 Å². The van der Waals surface area contributed by atoms with E-state index >= 15 is 0 Å². The standard InChI is InChI=1S/C24H34N4O3/c1-6-25-24(27-16-19-10-11-21(30-4)14-22(19)31-5)26-15-18-8-7-9-20(13-18)28-23(29)12-17(2)3/h7-11,13-14,17H,6,12,15-16H2,1-5H3,(H,28,29)(H2,25,26,27). The second kappa shape index (κ2) is 12.5. The molecule has 0 bridgehead atoms. The van der Waals surface area contributed by atoms with E-state index in [4.69, 9.17) is 9.47 Å². The molecule has 2 aromatic carbocycles. The maximum atomic E-state index is 12.0. The Kier molecular flexibility index (Phi) is 9.68. The molecule has 0 fully saturated rings. The monoisotopic (exact) mass is 426 g/mol. The molecule has 0 heterocycles. The number of anilines is 1. The highest BCUT2D eigenvalue weighted by Crippen LogP contribution is 2.24. The molecule has 0 saturated carbocycles. The van der Waals surface area contributed by atoms with E-state index < -0.39 is 0 Å². The van der Waals surface area contributed by atoms with Crippen molar-refractivity contribution in [3.8, 4) is 11.5 Å². The van der Waals surface area contributed by atoms with Crippen molar-refractivity contribution >= 4 is 17.6 Å². The molecule has 0 aliphatic carbocycles. The van der Waals surface area contributed by atoms with E-state index in [1.54, 1.807) is 14.2 Å². The van der Waals surface area contributed by atoms with Gasteiger partial charge in [-0.05, 0) is 42.7 Å². The predicted molar refractivity (Wildman–Crippen MR) is 126 cm³/mol. The Morgan fingerprint density at radius 3 is 2.55 bits per heavy atom. The van der Waals surface area contributed by atoms with E-state index in [1.807, 2.05) is 63.2 Å². The van der Waals surface area contributed by atoms with Gasteiger partial charge in [-0.3, -0.25) is 4.79 Å². The lowest BCUT2D eigenvalue weighted by Crippen LogP contribution is -2.36. The Morgan fingerprint density at radius 2 is 1.87 bits per heavy atom. The van der Waals surface area contributed by atoms with Gasteiger partial charge in [0.05, 0.1) is 20.8 Å². The molecule has 0 radical (unpaired) electrons. The van der Waals surface area contributed by atoms with Crippen LogP contribution in [-0.4, -0.2) is 32.6 Å². The van der Waals surface area contributed by atoms with Gasteiger partial charge in [0, 0.05) is 36.8 Å². The van der Waals surface area contributed by atoms with E-state index in [9.17, 15) is 4.79 Å². The third-order valence-electron chi connectivity index (χ3n) is 4.51. The molecular weight excluding hydrogens is 392 g/mol. The first-order chi connectivity index (χ1) is 14.9. The van der Waals surface area contributed by atoms with Crippen molar-refractivity contribution < 1.29 is 14.3 Å². The van der Waals surface area contributed by atoms with E-state index in [2.05, 4.69) is 20.9 Å². The average molecular weight is 427 g/mol. The van der Waals surface area contributed by atoms with Crippen LogP contribution in [0.25, 0.3) is 0 Å². The molecule has 2 aromatic rings. The van der Waals surface area contributed by atoms with Gasteiger partial charge in [-0.15, -0.1) is 0 Å². The number of ether oxygens (including phenoxy) is 2. The summed E-state index contributed by atoms with van der Waals surface area (Å²) in [6.07, 6.45) is 0.506. The Hall–Kier alpha value is -3.22. The number of carbonyl (C=O) groups excluding carboxylic acids is 1. The Morgan fingerprint density at radius 1 is 1.06 bits per heavy atom. The Labute approximate surface area is 185 Å². The number of methoxy groups -OCH3 is 2. The highest BCUT2D eigenvalue weighted by Gasteiger charge is 2.08. The fraction of sp³-hybridized carbons (Fsp3) is 0.417. The normalized spacial score (nSPS) is 11.2. The number of guanidine groups is 1. The Balaban J connectivity index is 2.03. The van der Waals surface area contributed by atoms with Crippen LogP contribution in [-0.2, 0) is 17.9 Å². The van der Waals surface area contributed by atoms with Gasteiger partial charge < -0.3 is 25.4 Å². The second-order valence-electron chi connectivity index (χ2n) is 7.57. The van der Waals surface area contributed by atoms with Crippen molar-refractivity contribution in [2.24, 2.45) is 10.9 Å². The first-order valence-corrected chi connectivity index (χ1v) is 10.6. The van der Waals surface area contributed by atoms with E-state index in [0.29, 0.717) is 31.4 Å². The zero-order valence-electron chi connectivity index (χ0n) is 19.1. The molecule has 0 aliphatic rings. The SMILES string of the molecule is CCNC(=NCc1cccc(NC(=O)CC(C)C)c1)NCc1ccc(OC)cc1OC. The maximum Gasteiger partial charge on any atom is 0.224 e. The largest absolute Gasteiger partial charge is 0.497 e. The van der Waals surface area contributed by atoms with Crippen LogP contribution < -0.4 is 25.4 Å². The van der Waals surface area contributed by atoms with Crippen molar-refractivity contribution in [2.75, 3.05) is 26.1 Å². The van der Waals surface area contributed by atoms with E-state index in [-0.39, 0.29) is 5.91 Å². The Bertz CT molecular complexity index is 881. The minimum absolute atomic E-state index is 0.0269. The number of rotatable bonds is 10. The molecule has 0 aromatic heterocycles. The minimum Gasteiger partial charge on any atom is -0.497 e. The summed E-state index contributed by atoms with van der Waals surface area (Å²) in [6.45, 7) is 7.88. The zero-order valence-corrected chi connectivity index (χ0v) is 19.1. The fourth-order valence-electron chi connectivity index (χ4n) is 3.02. The molecule has 31 heavy (non-hydrogen) atoms. The molecule has 0 unspecified atom stereocenters. The van der Waals surface area contributed by atoms with Gasteiger partial charge in [-0.25, -0.2) is 4.99 Å². The number of nitrogens with one attached hydrogen (secondary N) is 3. The van der Waals surface area contributed by atoms with Crippen LogP contribution in [0.4, 0.5) is 5.69 Å². The van der Waals surface area contributed by atoms with Crippen LogP contribution in [0.2, 0.25) is 0 Å². The molecular formula is C24H34N4O3. The van der Waals surface area contributed by atoms with Gasteiger partial charge in [0.25, 0.3) is 0 Å². The number of amides is 1. The van der Waals surface area contributed by atoms with Crippen molar-refractivity contribution in [3.05, 3.63) is 53.6 Å². The van der Waals surface area contributed by atoms with Crippen LogP contribution in [0.3, 0.4) is 0 Å². The third-order valence-corrected chi connectivity index (χ3v) is 4.51. The second-order valence-corrected chi connectivity index (χ2v) is 7.57. The first kappa shape index (κ1) is 24.1. The molecule has 1 amide bonds. The molecule has 0 spiro atoms. The fourth-order valence-corrected chi connectivity index (χ4v) is 3.02. The number of benzene rings is 2. The van der Waals surface area contributed by atoms with E-state index in [0.717, 1.165) is 34.9 Å². The molecule has 2 rings (SSSR count). The third kappa shape index (κ3) is 8.20. The van der Waals surface area contributed by atoms with Crippen molar-refractivity contribution in [2.45, 2.75) is 40.3 Å².